The summed E-state index contributed by atoms with van der Waals surface area (Å²) in [5.74, 6) is -2.70. The Bertz CT molecular complexity index is 1040. The molecule has 0 fully saturated rings. The molecule has 3 aromatic rings. The van der Waals surface area contributed by atoms with Crippen LogP contribution in [0.4, 0.5) is 0 Å². The summed E-state index contributed by atoms with van der Waals surface area (Å²) in [6.45, 7) is -0.687. The normalized spacial score (nSPS) is 10.3. The molecule has 0 unspecified atom stereocenters. The number of para-hydroxylation sites is 1. The number of carbonyl (C=O) groups is 3. The molecule has 0 atom stereocenters. The average Bonchev–Trinajstić information content (AvgIpc) is 2.66. The van der Waals surface area contributed by atoms with E-state index < -0.39 is 29.8 Å². The highest BCUT2D eigenvalue weighted by molar-refractivity contribution is 6.05. The zero-order chi connectivity index (χ0) is 18.5. The highest BCUT2D eigenvalue weighted by atomic mass is 16.5. The fourth-order valence-corrected chi connectivity index (χ4v) is 2.23. The standard InChI is InChI=1S/C19H13NO6/c21-14-10-16(26-15-9-5-4-8-13(14)15)19(24)25-11-17(22)20-18(23)12-6-2-1-3-7-12/h1-10H,11H2,(H,20,22,23). The van der Waals surface area contributed by atoms with Gasteiger partial charge in [-0.25, -0.2) is 4.79 Å². The molecule has 0 saturated carbocycles. The highest BCUT2D eigenvalue weighted by Crippen LogP contribution is 2.12. The van der Waals surface area contributed by atoms with Crippen molar-refractivity contribution >= 4 is 28.8 Å². The Balaban J connectivity index is 1.63. The molecule has 0 saturated heterocycles. The second kappa shape index (κ2) is 7.43. The van der Waals surface area contributed by atoms with Gasteiger partial charge >= 0.3 is 5.97 Å². The topological polar surface area (TPSA) is 103 Å². The Morgan fingerprint density at radius 1 is 0.962 bits per heavy atom. The summed E-state index contributed by atoms with van der Waals surface area (Å²) in [6.07, 6.45) is 0. The van der Waals surface area contributed by atoms with Crippen LogP contribution in [0.1, 0.15) is 20.9 Å². The van der Waals surface area contributed by atoms with E-state index in [2.05, 4.69) is 5.32 Å². The van der Waals surface area contributed by atoms with E-state index in [1.54, 1.807) is 54.6 Å². The number of carbonyl (C=O) groups excluding carboxylic acids is 3. The fourth-order valence-electron chi connectivity index (χ4n) is 2.23. The number of ether oxygens (including phenoxy) is 1. The van der Waals surface area contributed by atoms with Gasteiger partial charge in [-0.15, -0.1) is 0 Å². The molecule has 0 aliphatic carbocycles. The summed E-state index contributed by atoms with van der Waals surface area (Å²) in [4.78, 5) is 47.5. The molecule has 0 radical (unpaired) electrons. The number of amides is 2. The first kappa shape index (κ1) is 17.1. The lowest BCUT2D eigenvalue weighted by atomic mass is 10.2. The van der Waals surface area contributed by atoms with Crippen LogP contribution in [0.2, 0.25) is 0 Å². The molecule has 0 aliphatic rings. The van der Waals surface area contributed by atoms with Gasteiger partial charge in [0.2, 0.25) is 5.76 Å². The van der Waals surface area contributed by atoms with Crippen LogP contribution in [0.15, 0.2) is 69.9 Å². The third kappa shape index (κ3) is 3.84. The fraction of sp³-hybridized carbons (Fsp3) is 0.0526. The molecular weight excluding hydrogens is 338 g/mol. The summed E-state index contributed by atoms with van der Waals surface area (Å²) < 4.78 is 10.1. The number of hydrogen-bond donors (Lipinski definition) is 1. The number of benzene rings is 2. The second-order valence-corrected chi connectivity index (χ2v) is 5.29. The van der Waals surface area contributed by atoms with Crippen molar-refractivity contribution in [3.63, 3.8) is 0 Å². The highest BCUT2D eigenvalue weighted by Gasteiger charge is 2.16. The van der Waals surface area contributed by atoms with Crippen molar-refractivity contribution in [1.29, 1.82) is 0 Å². The van der Waals surface area contributed by atoms with Gasteiger partial charge in [0.15, 0.2) is 12.0 Å². The number of nitrogens with one attached hydrogen (secondary N) is 1. The van der Waals surface area contributed by atoms with Gasteiger partial charge in [0.1, 0.15) is 5.58 Å². The molecular formula is C19H13NO6. The Kier molecular flexibility index (Phi) is 4.89. The first-order valence-electron chi connectivity index (χ1n) is 7.64. The van der Waals surface area contributed by atoms with Gasteiger partial charge in [-0.3, -0.25) is 19.7 Å². The molecule has 2 amide bonds. The molecule has 7 nitrogen and oxygen atoms in total. The number of imide groups is 1. The maximum Gasteiger partial charge on any atom is 0.374 e. The minimum Gasteiger partial charge on any atom is -0.450 e. The summed E-state index contributed by atoms with van der Waals surface area (Å²) in [7, 11) is 0. The van der Waals surface area contributed by atoms with Crippen LogP contribution in [-0.2, 0) is 9.53 Å². The molecule has 7 heteroatoms. The molecule has 0 spiro atoms. The van der Waals surface area contributed by atoms with Gasteiger partial charge in [0.05, 0.1) is 5.39 Å². The van der Waals surface area contributed by atoms with Crippen molar-refractivity contribution in [2.75, 3.05) is 6.61 Å². The van der Waals surface area contributed by atoms with E-state index in [-0.39, 0.29) is 11.3 Å². The molecule has 1 aromatic heterocycles. The van der Waals surface area contributed by atoms with Crippen LogP contribution in [0.5, 0.6) is 0 Å². The summed E-state index contributed by atoms with van der Waals surface area (Å²) in [5, 5.41) is 2.43. The Morgan fingerprint density at radius 3 is 2.42 bits per heavy atom. The number of esters is 1. The first-order chi connectivity index (χ1) is 12.5. The lowest BCUT2D eigenvalue weighted by Crippen LogP contribution is -2.34. The van der Waals surface area contributed by atoms with E-state index in [9.17, 15) is 19.2 Å². The minimum absolute atomic E-state index is 0.232. The number of hydrogen-bond acceptors (Lipinski definition) is 6. The van der Waals surface area contributed by atoms with Gasteiger partial charge in [-0.1, -0.05) is 30.3 Å². The lowest BCUT2D eigenvalue weighted by Gasteiger charge is -2.06. The molecule has 1 heterocycles. The predicted octanol–water partition coefficient (Wildman–Crippen LogP) is 1.91. The van der Waals surface area contributed by atoms with Crippen LogP contribution in [0, 0.1) is 0 Å². The van der Waals surface area contributed by atoms with Crippen LogP contribution < -0.4 is 10.7 Å². The second-order valence-electron chi connectivity index (χ2n) is 5.29. The SMILES string of the molecule is O=C(COC(=O)c1cc(=O)c2ccccc2o1)NC(=O)c1ccccc1. The monoisotopic (exact) mass is 351 g/mol. The van der Waals surface area contributed by atoms with E-state index in [0.717, 1.165) is 6.07 Å². The van der Waals surface area contributed by atoms with Crippen molar-refractivity contribution in [2.24, 2.45) is 0 Å². The van der Waals surface area contributed by atoms with Crippen LogP contribution in [0.3, 0.4) is 0 Å². The van der Waals surface area contributed by atoms with E-state index in [1.165, 1.54) is 0 Å². The van der Waals surface area contributed by atoms with Gasteiger partial charge in [-0.2, -0.15) is 0 Å². The number of rotatable bonds is 4. The molecule has 1 N–H and O–H groups in total. The van der Waals surface area contributed by atoms with Crippen molar-refractivity contribution in [3.05, 3.63) is 82.2 Å². The van der Waals surface area contributed by atoms with E-state index in [0.29, 0.717) is 10.9 Å². The third-order valence-electron chi connectivity index (χ3n) is 3.46. The Morgan fingerprint density at radius 2 is 1.65 bits per heavy atom. The van der Waals surface area contributed by atoms with Crippen molar-refractivity contribution in [2.45, 2.75) is 0 Å². The van der Waals surface area contributed by atoms with E-state index in [1.807, 2.05) is 0 Å². The maximum absolute atomic E-state index is 12.0. The van der Waals surface area contributed by atoms with Gasteiger partial charge in [0, 0.05) is 11.6 Å². The van der Waals surface area contributed by atoms with Crippen molar-refractivity contribution in [3.8, 4) is 0 Å². The first-order valence-corrected chi connectivity index (χ1v) is 7.64. The molecule has 0 bridgehead atoms. The molecule has 130 valence electrons. The van der Waals surface area contributed by atoms with E-state index in [4.69, 9.17) is 9.15 Å². The largest absolute Gasteiger partial charge is 0.450 e. The summed E-state index contributed by atoms with van der Waals surface area (Å²) in [5.41, 5.74) is 0.130. The smallest absolute Gasteiger partial charge is 0.374 e. The summed E-state index contributed by atoms with van der Waals surface area (Å²) in [6, 6.07) is 15.6. The zero-order valence-electron chi connectivity index (χ0n) is 13.4. The zero-order valence-corrected chi connectivity index (χ0v) is 13.4. The summed E-state index contributed by atoms with van der Waals surface area (Å²) >= 11 is 0. The van der Waals surface area contributed by atoms with Gasteiger partial charge < -0.3 is 9.15 Å². The molecule has 3 rings (SSSR count). The minimum atomic E-state index is -0.977. The Hall–Kier alpha value is -3.74. The van der Waals surface area contributed by atoms with E-state index >= 15 is 0 Å². The third-order valence-corrected chi connectivity index (χ3v) is 3.46. The quantitative estimate of drug-likeness (QED) is 0.720. The Labute approximate surface area is 147 Å². The maximum atomic E-state index is 12.0. The van der Waals surface area contributed by atoms with Crippen LogP contribution in [-0.4, -0.2) is 24.4 Å². The molecule has 0 aliphatic heterocycles. The number of fused-ring (bicyclic) bond motifs is 1. The van der Waals surface area contributed by atoms with Crippen LogP contribution in [0.25, 0.3) is 11.0 Å². The molecule has 2 aromatic carbocycles. The van der Waals surface area contributed by atoms with Crippen molar-refractivity contribution < 1.29 is 23.5 Å². The molecule has 26 heavy (non-hydrogen) atoms. The van der Waals surface area contributed by atoms with Crippen molar-refractivity contribution in [1.82, 2.24) is 5.32 Å². The predicted molar refractivity (Wildman–Crippen MR) is 91.7 cm³/mol. The average molecular weight is 351 g/mol. The lowest BCUT2D eigenvalue weighted by molar-refractivity contribution is -0.123. The van der Waals surface area contributed by atoms with Gasteiger partial charge in [-0.05, 0) is 24.3 Å². The van der Waals surface area contributed by atoms with Crippen LogP contribution >= 0.6 is 0 Å². The van der Waals surface area contributed by atoms with Gasteiger partial charge in [0.25, 0.3) is 11.8 Å².